The lowest BCUT2D eigenvalue weighted by atomic mass is 10.1. The minimum atomic E-state index is -0.220. The number of hydrogen-bond donors (Lipinski definition) is 1. The lowest BCUT2D eigenvalue weighted by Gasteiger charge is -2.10. The van der Waals surface area contributed by atoms with Gasteiger partial charge in [-0.1, -0.05) is 6.92 Å². The van der Waals surface area contributed by atoms with Crippen LogP contribution in [-0.2, 0) is 13.5 Å². The number of halogens is 1. The van der Waals surface area contributed by atoms with Gasteiger partial charge in [0.05, 0.1) is 18.0 Å². The van der Waals surface area contributed by atoms with Crippen molar-refractivity contribution in [3.8, 4) is 0 Å². The molecular weight excluding hydrogens is 255 g/mol. The second kappa shape index (κ2) is 4.92. The number of anilines is 2. The fourth-order valence-corrected chi connectivity index (χ4v) is 2.21. The third kappa shape index (κ3) is 2.22. The summed E-state index contributed by atoms with van der Waals surface area (Å²) in [6.07, 6.45) is 4.24. The van der Waals surface area contributed by atoms with Crippen LogP contribution in [0.1, 0.15) is 13.9 Å². The van der Waals surface area contributed by atoms with E-state index >= 15 is 0 Å². The van der Waals surface area contributed by atoms with Crippen molar-refractivity contribution in [1.29, 1.82) is 0 Å². The maximum absolute atomic E-state index is 13.2. The number of imidazole rings is 1. The Hall–Kier alpha value is -2.43. The summed E-state index contributed by atoms with van der Waals surface area (Å²) in [6, 6.07) is 6.67. The summed E-state index contributed by atoms with van der Waals surface area (Å²) in [7, 11) is 1.94. The fraction of sp³-hybridized carbons (Fsp3) is 0.200. The third-order valence-electron chi connectivity index (χ3n) is 3.32. The largest absolute Gasteiger partial charge is 0.340 e. The quantitative estimate of drug-likeness (QED) is 0.791. The van der Waals surface area contributed by atoms with Crippen LogP contribution in [0.4, 0.5) is 15.9 Å². The number of pyridine rings is 1. The summed E-state index contributed by atoms with van der Waals surface area (Å²) in [5.74, 6) is 0.504. The van der Waals surface area contributed by atoms with Crippen molar-refractivity contribution in [3.05, 3.63) is 48.2 Å². The molecule has 20 heavy (non-hydrogen) atoms. The maximum atomic E-state index is 13.2. The molecule has 5 heteroatoms. The van der Waals surface area contributed by atoms with E-state index in [2.05, 4.69) is 15.3 Å². The number of nitrogens with one attached hydrogen (secondary N) is 1. The van der Waals surface area contributed by atoms with Crippen molar-refractivity contribution >= 4 is 22.5 Å². The molecule has 1 aromatic carbocycles. The van der Waals surface area contributed by atoms with E-state index in [1.165, 1.54) is 6.07 Å². The molecule has 3 aromatic rings. The predicted molar refractivity (Wildman–Crippen MR) is 79.7 cm³/mol. The van der Waals surface area contributed by atoms with E-state index in [-0.39, 0.29) is 7.24 Å². The SMILES string of the molecule is CCc1cc(F)ccc1Nc1cc2c(cn1)ncn2C.[HH]. The summed E-state index contributed by atoms with van der Waals surface area (Å²) in [5.41, 5.74) is 3.66. The van der Waals surface area contributed by atoms with Crippen molar-refractivity contribution < 1.29 is 5.82 Å². The molecule has 0 bridgehead atoms. The average molecular weight is 272 g/mol. The first kappa shape index (κ1) is 12.6. The van der Waals surface area contributed by atoms with Crippen LogP contribution in [0, 0.1) is 5.82 Å². The zero-order chi connectivity index (χ0) is 14.1. The van der Waals surface area contributed by atoms with Crippen LogP contribution in [-0.4, -0.2) is 14.5 Å². The number of rotatable bonds is 3. The number of hydrogen-bond acceptors (Lipinski definition) is 3. The van der Waals surface area contributed by atoms with E-state index in [0.717, 1.165) is 34.5 Å². The lowest BCUT2D eigenvalue weighted by molar-refractivity contribution is 0.626. The molecule has 2 heterocycles. The van der Waals surface area contributed by atoms with E-state index < -0.39 is 0 Å². The molecule has 3 rings (SSSR count). The van der Waals surface area contributed by atoms with Gasteiger partial charge in [-0.25, -0.2) is 14.4 Å². The first-order valence-electron chi connectivity index (χ1n) is 6.50. The highest BCUT2D eigenvalue weighted by Crippen LogP contribution is 2.23. The molecule has 104 valence electrons. The molecular formula is C15H17FN4. The second-order valence-corrected chi connectivity index (χ2v) is 4.69. The zero-order valence-corrected chi connectivity index (χ0v) is 11.4. The van der Waals surface area contributed by atoms with Gasteiger partial charge in [-0.3, -0.25) is 0 Å². The highest BCUT2D eigenvalue weighted by atomic mass is 19.1. The molecule has 0 amide bonds. The first-order valence-corrected chi connectivity index (χ1v) is 6.50. The second-order valence-electron chi connectivity index (χ2n) is 4.69. The van der Waals surface area contributed by atoms with Crippen molar-refractivity contribution in [2.24, 2.45) is 7.05 Å². The Bertz CT molecular complexity index is 769. The van der Waals surface area contributed by atoms with Gasteiger partial charge < -0.3 is 9.88 Å². The van der Waals surface area contributed by atoms with Gasteiger partial charge in [-0.15, -0.1) is 0 Å². The van der Waals surface area contributed by atoms with Gasteiger partial charge in [0.1, 0.15) is 17.2 Å². The van der Waals surface area contributed by atoms with Crippen LogP contribution in [0.15, 0.2) is 36.8 Å². The summed E-state index contributed by atoms with van der Waals surface area (Å²) >= 11 is 0. The Morgan fingerprint density at radius 3 is 2.95 bits per heavy atom. The van der Waals surface area contributed by atoms with Gasteiger partial charge in [-0.2, -0.15) is 0 Å². The Labute approximate surface area is 117 Å². The van der Waals surface area contributed by atoms with Gasteiger partial charge >= 0.3 is 0 Å². The van der Waals surface area contributed by atoms with Crippen molar-refractivity contribution in [2.45, 2.75) is 13.3 Å². The van der Waals surface area contributed by atoms with Crippen molar-refractivity contribution in [2.75, 3.05) is 5.32 Å². The van der Waals surface area contributed by atoms with Crippen LogP contribution in [0.5, 0.6) is 0 Å². The normalized spacial score (nSPS) is 10.9. The summed E-state index contributed by atoms with van der Waals surface area (Å²) in [4.78, 5) is 8.57. The Morgan fingerprint density at radius 2 is 2.15 bits per heavy atom. The Morgan fingerprint density at radius 1 is 1.30 bits per heavy atom. The Kier molecular flexibility index (Phi) is 3.10. The summed E-state index contributed by atoms with van der Waals surface area (Å²) < 4.78 is 15.2. The minimum absolute atomic E-state index is 0. The molecule has 0 atom stereocenters. The van der Waals surface area contributed by atoms with E-state index in [9.17, 15) is 4.39 Å². The van der Waals surface area contributed by atoms with Crippen LogP contribution < -0.4 is 5.32 Å². The highest BCUT2D eigenvalue weighted by Gasteiger charge is 2.06. The van der Waals surface area contributed by atoms with Crippen LogP contribution in [0.2, 0.25) is 0 Å². The number of nitrogens with zero attached hydrogens (tertiary/aromatic N) is 3. The van der Waals surface area contributed by atoms with Crippen molar-refractivity contribution in [3.63, 3.8) is 0 Å². The number of aryl methyl sites for hydroxylation is 2. The van der Waals surface area contributed by atoms with Crippen LogP contribution in [0.3, 0.4) is 0 Å². The lowest BCUT2D eigenvalue weighted by Crippen LogP contribution is -1.98. The van der Waals surface area contributed by atoms with Gasteiger partial charge in [-0.05, 0) is 30.2 Å². The molecule has 0 spiro atoms. The van der Waals surface area contributed by atoms with E-state index in [1.54, 1.807) is 24.7 Å². The zero-order valence-electron chi connectivity index (χ0n) is 11.4. The smallest absolute Gasteiger partial charge is 0.132 e. The van der Waals surface area contributed by atoms with Crippen LogP contribution in [0.25, 0.3) is 11.0 Å². The molecule has 0 fully saturated rings. The average Bonchev–Trinajstić information content (AvgIpc) is 2.82. The molecule has 0 aliphatic heterocycles. The van der Waals surface area contributed by atoms with Gasteiger partial charge in [0.2, 0.25) is 0 Å². The monoisotopic (exact) mass is 272 g/mol. The molecule has 0 saturated heterocycles. The number of fused-ring (bicyclic) bond motifs is 1. The summed E-state index contributed by atoms with van der Waals surface area (Å²) in [5, 5.41) is 3.24. The highest BCUT2D eigenvalue weighted by molar-refractivity contribution is 5.78. The van der Waals surface area contributed by atoms with E-state index in [0.29, 0.717) is 0 Å². The number of benzene rings is 1. The Balaban J connectivity index is 0.00000161. The van der Waals surface area contributed by atoms with Crippen molar-refractivity contribution in [1.82, 2.24) is 14.5 Å². The standard InChI is InChI=1S/C15H15FN4.H2/c1-3-10-6-11(16)4-5-12(10)19-15-7-14-13(8-17-15)18-9-20(14)2;/h4-9H,3H2,1-2H3,(H,17,19);1H. The predicted octanol–water partition coefficient (Wildman–Crippen LogP) is 3.66. The molecule has 1 N–H and O–H groups in total. The maximum Gasteiger partial charge on any atom is 0.132 e. The molecule has 0 radical (unpaired) electrons. The summed E-state index contributed by atoms with van der Waals surface area (Å²) in [6.45, 7) is 2.00. The van der Waals surface area contributed by atoms with Crippen LogP contribution >= 0.6 is 0 Å². The van der Waals surface area contributed by atoms with E-state index in [1.807, 2.05) is 24.6 Å². The molecule has 0 saturated carbocycles. The fourth-order valence-electron chi connectivity index (χ4n) is 2.21. The molecule has 2 aromatic heterocycles. The first-order chi connectivity index (χ1) is 9.67. The third-order valence-corrected chi connectivity index (χ3v) is 3.32. The minimum Gasteiger partial charge on any atom is -0.340 e. The molecule has 0 aliphatic rings. The molecule has 0 unspecified atom stereocenters. The molecule has 4 nitrogen and oxygen atoms in total. The van der Waals surface area contributed by atoms with E-state index in [4.69, 9.17) is 0 Å². The topological polar surface area (TPSA) is 42.7 Å². The number of aromatic nitrogens is 3. The van der Waals surface area contributed by atoms with Gasteiger partial charge in [0.25, 0.3) is 0 Å². The van der Waals surface area contributed by atoms with Gasteiger partial charge in [0, 0.05) is 20.2 Å². The van der Waals surface area contributed by atoms with Gasteiger partial charge in [0.15, 0.2) is 0 Å². The molecule has 0 aliphatic carbocycles.